The summed E-state index contributed by atoms with van der Waals surface area (Å²) < 4.78 is 42.4. The Bertz CT molecular complexity index is 1020. The highest BCUT2D eigenvalue weighted by Crippen LogP contribution is 2.32. The molecule has 3 rings (SSSR count). The van der Waals surface area contributed by atoms with E-state index in [2.05, 4.69) is 10.1 Å². The van der Waals surface area contributed by atoms with E-state index >= 15 is 0 Å². The number of nitrogens with zero attached hydrogens (tertiary/aromatic N) is 1. The number of methoxy groups -OCH3 is 1. The van der Waals surface area contributed by atoms with Gasteiger partial charge in [0.25, 0.3) is 0 Å². The first-order chi connectivity index (χ1) is 13.9. The number of carbonyl (C=O) groups excluding carboxylic acids is 2. The summed E-state index contributed by atoms with van der Waals surface area (Å²) in [5, 5.41) is 4.14. The molecule has 1 aromatic carbocycles. The Morgan fingerprint density at radius 3 is 2.62 bits per heavy atom. The Hall–Kier alpha value is -2.63. The van der Waals surface area contributed by atoms with Crippen molar-refractivity contribution in [3.8, 4) is 11.5 Å². The van der Waals surface area contributed by atoms with Gasteiger partial charge < -0.3 is 19.5 Å². The van der Waals surface area contributed by atoms with E-state index < -0.39 is 28.4 Å². The lowest BCUT2D eigenvalue weighted by molar-refractivity contribution is -0.116. The molecule has 0 aliphatic carbocycles. The van der Waals surface area contributed by atoms with Crippen molar-refractivity contribution in [3.63, 3.8) is 0 Å². The summed E-state index contributed by atoms with van der Waals surface area (Å²) in [5.74, 6) is -0.174. The molecule has 0 spiro atoms. The van der Waals surface area contributed by atoms with Crippen LogP contribution in [0.4, 0.5) is 5.69 Å². The number of thiophene rings is 1. The van der Waals surface area contributed by atoms with E-state index in [4.69, 9.17) is 9.47 Å². The number of sulfonamides is 1. The topological polar surface area (TPSA) is 111 Å². The molecule has 0 atom stereocenters. The molecule has 29 heavy (non-hydrogen) atoms. The number of likely N-dealkylation sites (N-methyl/N-ethyl adjacent to an activating group) is 1. The Kier molecular flexibility index (Phi) is 6.40. The normalized spacial score (nSPS) is 13.2. The molecular weight excluding hydrogens is 420 g/mol. The van der Waals surface area contributed by atoms with E-state index in [0.717, 1.165) is 15.6 Å². The monoisotopic (exact) mass is 440 g/mol. The summed E-state index contributed by atoms with van der Waals surface area (Å²) in [4.78, 5) is 24.1. The van der Waals surface area contributed by atoms with Crippen molar-refractivity contribution in [1.29, 1.82) is 0 Å². The Morgan fingerprint density at radius 2 is 1.93 bits per heavy atom. The second-order valence-electron chi connectivity index (χ2n) is 5.94. The predicted octanol–water partition coefficient (Wildman–Crippen LogP) is 1.96. The zero-order valence-corrected chi connectivity index (χ0v) is 17.5. The highest BCUT2D eigenvalue weighted by molar-refractivity contribution is 7.89. The molecule has 9 nitrogen and oxygen atoms in total. The van der Waals surface area contributed by atoms with Crippen LogP contribution in [-0.4, -0.2) is 58.0 Å². The summed E-state index contributed by atoms with van der Waals surface area (Å²) in [5.41, 5.74) is 0.457. The van der Waals surface area contributed by atoms with Crippen LogP contribution in [0.3, 0.4) is 0 Å². The molecule has 1 aliphatic heterocycles. The number of carbonyl (C=O) groups is 2. The molecule has 0 unspecified atom stereocenters. The molecule has 11 heteroatoms. The maximum absolute atomic E-state index is 13.0. The average molecular weight is 440 g/mol. The fourth-order valence-electron chi connectivity index (χ4n) is 2.73. The lowest BCUT2D eigenvalue weighted by Gasteiger charge is -2.21. The number of ether oxygens (including phenoxy) is 3. The summed E-state index contributed by atoms with van der Waals surface area (Å²) in [7, 11) is -2.88. The zero-order valence-electron chi connectivity index (χ0n) is 15.8. The summed E-state index contributed by atoms with van der Waals surface area (Å²) in [6.07, 6.45) is 0. The molecule has 1 aromatic heterocycles. The van der Waals surface area contributed by atoms with E-state index in [1.165, 1.54) is 18.6 Å². The standard InChI is InChI=1S/C18H20N2O7S2/c1-3-20(29(23,24)15-6-9-28-17(15)18(22)25-2)11-16(21)19-12-4-5-13-14(10-12)27-8-7-26-13/h4-6,9-10H,3,7-8,11H2,1-2H3,(H,19,21). The fourth-order valence-corrected chi connectivity index (χ4v) is 5.44. The van der Waals surface area contributed by atoms with Gasteiger partial charge in [-0.3, -0.25) is 4.79 Å². The van der Waals surface area contributed by atoms with Gasteiger partial charge >= 0.3 is 5.97 Å². The molecule has 1 aliphatic rings. The van der Waals surface area contributed by atoms with E-state index in [9.17, 15) is 18.0 Å². The van der Waals surface area contributed by atoms with Crippen LogP contribution < -0.4 is 14.8 Å². The molecule has 0 fully saturated rings. The predicted molar refractivity (Wildman–Crippen MR) is 106 cm³/mol. The number of hydrogen-bond donors (Lipinski definition) is 1. The van der Waals surface area contributed by atoms with Gasteiger partial charge in [0.2, 0.25) is 15.9 Å². The minimum Gasteiger partial charge on any atom is -0.486 e. The van der Waals surface area contributed by atoms with Gasteiger partial charge in [0.05, 0.1) is 13.7 Å². The summed E-state index contributed by atoms with van der Waals surface area (Å²) >= 11 is 0.965. The highest BCUT2D eigenvalue weighted by atomic mass is 32.2. The van der Waals surface area contributed by atoms with Crippen molar-refractivity contribution in [2.24, 2.45) is 0 Å². The number of rotatable bonds is 7. The van der Waals surface area contributed by atoms with Crippen LogP contribution in [0, 0.1) is 0 Å². The largest absolute Gasteiger partial charge is 0.486 e. The van der Waals surface area contributed by atoms with E-state index in [1.54, 1.807) is 25.1 Å². The number of esters is 1. The molecule has 0 saturated carbocycles. The van der Waals surface area contributed by atoms with Gasteiger partial charge in [-0.1, -0.05) is 6.92 Å². The highest BCUT2D eigenvalue weighted by Gasteiger charge is 2.31. The van der Waals surface area contributed by atoms with Gasteiger partial charge in [-0.25, -0.2) is 13.2 Å². The van der Waals surface area contributed by atoms with Crippen molar-refractivity contribution >= 4 is 38.9 Å². The third-order valence-electron chi connectivity index (χ3n) is 4.12. The van der Waals surface area contributed by atoms with Crippen molar-refractivity contribution < 1.29 is 32.2 Å². The molecule has 0 saturated heterocycles. The maximum atomic E-state index is 13.0. The molecule has 156 valence electrons. The van der Waals surface area contributed by atoms with Crippen molar-refractivity contribution in [3.05, 3.63) is 34.5 Å². The number of nitrogens with one attached hydrogen (secondary N) is 1. The third-order valence-corrected chi connectivity index (χ3v) is 7.10. The Labute approximate surface area is 172 Å². The van der Waals surface area contributed by atoms with Crippen molar-refractivity contribution in [2.45, 2.75) is 11.8 Å². The van der Waals surface area contributed by atoms with Crippen LogP contribution in [0.2, 0.25) is 0 Å². The fraction of sp³-hybridized carbons (Fsp3) is 0.333. The smallest absolute Gasteiger partial charge is 0.349 e. The Balaban J connectivity index is 1.74. The number of hydrogen-bond acceptors (Lipinski definition) is 8. The van der Waals surface area contributed by atoms with E-state index in [0.29, 0.717) is 30.4 Å². The molecule has 0 radical (unpaired) electrons. The van der Waals surface area contributed by atoms with Crippen LogP contribution in [0.25, 0.3) is 0 Å². The van der Waals surface area contributed by atoms with E-state index in [-0.39, 0.29) is 16.3 Å². The maximum Gasteiger partial charge on any atom is 0.349 e. The summed E-state index contributed by atoms with van der Waals surface area (Å²) in [6.45, 7) is 2.11. The molecular formula is C18H20N2O7S2. The summed E-state index contributed by atoms with van der Waals surface area (Å²) in [6, 6.07) is 6.26. The third kappa shape index (κ3) is 4.52. The van der Waals surface area contributed by atoms with Gasteiger partial charge in [-0.2, -0.15) is 4.31 Å². The van der Waals surface area contributed by atoms with Gasteiger partial charge in [0.15, 0.2) is 11.5 Å². The SMILES string of the molecule is CCN(CC(=O)Nc1ccc2c(c1)OCCO2)S(=O)(=O)c1ccsc1C(=O)OC. The number of amides is 1. The molecule has 1 N–H and O–H groups in total. The van der Waals surface area contributed by atoms with Crippen molar-refractivity contribution in [1.82, 2.24) is 4.31 Å². The van der Waals surface area contributed by atoms with Crippen LogP contribution in [-0.2, 0) is 19.6 Å². The molecule has 0 bridgehead atoms. The second kappa shape index (κ2) is 8.80. The van der Waals surface area contributed by atoms with Gasteiger partial charge in [-0.15, -0.1) is 11.3 Å². The minimum absolute atomic E-state index is 0.0294. The average Bonchev–Trinajstić information content (AvgIpc) is 3.22. The Morgan fingerprint density at radius 1 is 1.21 bits per heavy atom. The quantitative estimate of drug-likeness (QED) is 0.655. The first kappa shape index (κ1) is 21.1. The molecule has 1 amide bonds. The zero-order chi connectivity index (χ0) is 21.0. The minimum atomic E-state index is -4.06. The van der Waals surface area contributed by atoms with E-state index in [1.807, 2.05) is 0 Å². The molecule has 2 heterocycles. The van der Waals surface area contributed by atoms with Gasteiger partial charge in [-0.05, 0) is 23.6 Å². The first-order valence-electron chi connectivity index (χ1n) is 8.72. The second-order valence-corrected chi connectivity index (χ2v) is 8.77. The van der Waals surface area contributed by atoms with Crippen LogP contribution >= 0.6 is 11.3 Å². The number of fused-ring (bicyclic) bond motifs is 1. The molecule has 2 aromatic rings. The van der Waals surface area contributed by atoms with Crippen LogP contribution in [0.1, 0.15) is 16.6 Å². The van der Waals surface area contributed by atoms with Crippen LogP contribution in [0.15, 0.2) is 34.5 Å². The van der Waals surface area contributed by atoms with Gasteiger partial charge in [0.1, 0.15) is 23.0 Å². The van der Waals surface area contributed by atoms with Gasteiger partial charge in [0, 0.05) is 18.3 Å². The lowest BCUT2D eigenvalue weighted by atomic mass is 10.2. The van der Waals surface area contributed by atoms with Crippen LogP contribution in [0.5, 0.6) is 11.5 Å². The lowest BCUT2D eigenvalue weighted by Crippen LogP contribution is -2.38. The number of anilines is 1. The number of benzene rings is 1. The first-order valence-corrected chi connectivity index (χ1v) is 11.0. The van der Waals surface area contributed by atoms with Crippen molar-refractivity contribution in [2.75, 3.05) is 38.7 Å².